The Morgan fingerprint density at radius 1 is 0.840 bits per heavy atom. The van der Waals surface area contributed by atoms with Gasteiger partial charge in [0.15, 0.2) is 0 Å². The van der Waals surface area contributed by atoms with Crippen LogP contribution in [0, 0.1) is 20.8 Å². The average Bonchev–Trinajstić information content (AvgIpc) is 3.24. The lowest BCUT2D eigenvalue weighted by atomic mass is 10.1. The molecule has 2 aromatic carbocycles. The fourth-order valence-electron chi connectivity index (χ4n) is 4.34. The van der Waals surface area contributed by atoms with Crippen molar-refractivity contribution < 1.29 is 4.57 Å². The molecule has 0 aliphatic heterocycles. The van der Waals surface area contributed by atoms with E-state index in [-0.39, 0.29) is 0 Å². The molecule has 1 aliphatic carbocycles. The number of para-hydroxylation sites is 1. The predicted molar refractivity (Wildman–Crippen MR) is 103 cm³/mol. The van der Waals surface area contributed by atoms with E-state index in [0.29, 0.717) is 6.04 Å². The molecule has 128 valence electrons. The van der Waals surface area contributed by atoms with Crippen molar-refractivity contribution in [1.82, 2.24) is 4.57 Å². The fraction of sp³-hybridized carbons (Fsp3) is 0.348. The van der Waals surface area contributed by atoms with Gasteiger partial charge in [-0.15, -0.1) is 0 Å². The van der Waals surface area contributed by atoms with E-state index in [1.807, 2.05) is 0 Å². The lowest BCUT2D eigenvalue weighted by molar-refractivity contribution is -0.716. The first-order valence-corrected chi connectivity index (χ1v) is 9.43. The highest BCUT2D eigenvalue weighted by atomic mass is 15.2. The van der Waals surface area contributed by atoms with Crippen LogP contribution < -0.4 is 4.57 Å². The maximum Gasteiger partial charge on any atom is 0.294 e. The molecular weight excluding hydrogens is 304 g/mol. The highest BCUT2D eigenvalue weighted by Crippen LogP contribution is 2.32. The summed E-state index contributed by atoms with van der Waals surface area (Å²) in [5.74, 6) is 1.33. The molecule has 0 spiro atoms. The summed E-state index contributed by atoms with van der Waals surface area (Å²) in [5.41, 5.74) is 6.65. The summed E-state index contributed by atoms with van der Waals surface area (Å²) in [6.07, 6.45) is 5.28. The van der Waals surface area contributed by atoms with Crippen LogP contribution in [0.2, 0.25) is 0 Å². The number of benzene rings is 2. The smallest absolute Gasteiger partial charge is 0.224 e. The van der Waals surface area contributed by atoms with E-state index in [2.05, 4.69) is 84.5 Å². The molecule has 2 nitrogen and oxygen atoms in total. The van der Waals surface area contributed by atoms with Crippen LogP contribution in [0.5, 0.6) is 0 Å². The number of aromatic nitrogens is 2. The molecule has 1 saturated carbocycles. The molecule has 3 aromatic rings. The molecule has 1 heterocycles. The third-order valence-electron chi connectivity index (χ3n) is 5.74. The van der Waals surface area contributed by atoms with Gasteiger partial charge in [-0.3, -0.25) is 0 Å². The monoisotopic (exact) mass is 331 g/mol. The summed E-state index contributed by atoms with van der Waals surface area (Å²) >= 11 is 0. The summed E-state index contributed by atoms with van der Waals surface area (Å²) in [7, 11) is 0. The molecule has 0 saturated heterocycles. The molecule has 4 rings (SSSR count). The third-order valence-corrected chi connectivity index (χ3v) is 5.74. The number of nitrogens with zero attached hydrogens (tertiary/aromatic N) is 2. The Hall–Kier alpha value is -2.35. The molecule has 0 N–H and O–H groups in total. The summed E-state index contributed by atoms with van der Waals surface area (Å²) in [6.45, 7) is 6.76. The minimum atomic E-state index is 0.624. The number of imidazole rings is 1. The largest absolute Gasteiger partial charge is 0.294 e. The second-order valence-corrected chi connectivity index (χ2v) is 7.29. The molecule has 1 fully saturated rings. The molecular formula is C23H27N2+. The molecule has 0 bridgehead atoms. The third kappa shape index (κ3) is 2.70. The van der Waals surface area contributed by atoms with E-state index < -0.39 is 0 Å². The zero-order valence-corrected chi connectivity index (χ0v) is 15.5. The summed E-state index contributed by atoms with van der Waals surface area (Å²) < 4.78 is 5.09. The molecule has 0 amide bonds. The first-order valence-electron chi connectivity index (χ1n) is 9.43. The second kappa shape index (κ2) is 6.51. The topological polar surface area (TPSA) is 8.81 Å². The first kappa shape index (κ1) is 16.1. The molecule has 25 heavy (non-hydrogen) atoms. The van der Waals surface area contributed by atoms with Crippen LogP contribution >= 0.6 is 0 Å². The Morgan fingerprint density at radius 2 is 1.48 bits per heavy atom. The number of aryl methyl sites for hydroxylation is 1. The number of hydrogen-bond donors (Lipinski definition) is 0. The van der Waals surface area contributed by atoms with Crippen LogP contribution in [0.1, 0.15) is 48.7 Å². The normalized spacial score (nSPS) is 15.0. The van der Waals surface area contributed by atoms with Crippen LogP contribution in [0.4, 0.5) is 0 Å². The zero-order chi connectivity index (χ0) is 17.4. The van der Waals surface area contributed by atoms with Gasteiger partial charge in [-0.1, -0.05) is 36.4 Å². The van der Waals surface area contributed by atoms with Gasteiger partial charge in [-0.25, -0.2) is 4.57 Å². The van der Waals surface area contributed by atoms with E-state index in [1.165, 1.54) is 59.7 Å². The van der Waals surface area contributed by atoms with Gasteiger partial charge in [0.1, 0.15) is 23.1 Å². The van der Waals surface area contributed by atoms with Crippen molar-refractivity contribution in [2.24, 2.45) is 0 Å². The van der Waals surface area contributed by atoms with Crippen molar-refractivity contribution in [1.29, 1.82) is 0 Å². The van der Waals surface area contributed by atoms with Gasteiger partial charge < -0.3 is 0 Å². The van der Waals surface area contributed by atoms with Gasteiger partial charge in [-0.2, -0.15) is 4.57 Å². The van der Waals surface area contributed by atoms with Gasteiger partial charge in [0.25, 0.3) is 5.82 Å². The Bertz CT molecular complexity index is 884. The van der Waals surface area contributed by atoms with Crippen LogP contribution in [-0.4, -0.2) is 4.57 Å². The van der Waals surface area contributed by atoms with Crippen molar-refractivity contribution in [3.8, 4) is 17.1 Å². The maximum absolute atomic E-state index is 2.62. The Labute approximate surface area is 150 Å². The van der Waals surface area contributed by atoms with Crippen LogP contribution in [-0.2, 0) is 0 Å². The minimum absolute atomic E-state index is 0.624. The highest BCUT2D eigenvalue weighted by molar-refractivity contribution is 5.58. The summed E-state index contributed by atoms with van der Waals surface area (Å²) in [4.78, 5) is 0. The van der Waals surface area contributed by atoms with E-state index in [1.54, 1.807) is 0 Å². The average molecular weight is 331 g/mol. The maximum atomic E-state index is 2.62. The SMILES string of the molecule is Cc1ccccc1-n1c(C)c(C)[n+](C2CCCC2)c1-c1ccccc1. The molecule has 1 aromatic heterocycles. The van der Waals surface area contributed by atoms with Crippen molar-refractivity contribution >= 4 is 0 Å². The van der Waals surface area contributed by atoms with Gasteiger partial charge in [0.2, 0.25) is 0 Å². The zero-order valence-electron chi connectivity index (χ0n) is 15.5. The standard InChI is InChI=1S/C23H27N2/c1-17-11-7-10-16-22(17)25-19(3)18(2)24(21-14-8-9-15-21)23(25)20-12-5-4-6-13-20/h4-7,10-13,16,21H,8-9,14-15H2,1-3H3/q+1. The predicted octanol–water partition coefficient (Wildman–Crippen LogP) is 5.47. The lowest BCUT2D eigenvalue weighted by Crippen LogP contribution is -2.41. The van der Waals surface area contributed by atoms with Crippen LogP contribution in [0.15, 0.2) is 54.6 Å². The van der Waals surface area contributed by atoms with E-state index in [0.717, 1.165) is 0 Å². The molecule has 2 heteroatoms. The second-order valence-electron chi connectivity index (χ2n) is 7.29. The Kier molecular flexibility index (Phi) is 4.20. The number of hydrogen-bond acceptors (Lipinski definition) is 0. The molecule has 0 unspecified atom stereocenters. The van der Waals surface area contributed by atoms with Gasteiger partial charge in [0, 0.05) is 13.8 Å². The van der Waals surface area contributed by atoms with Crippen molar-refractivity contribution in [2.75, 3.05) is 0 Å². The van der Waals surface area contributed by atoms with Crippen molar-refractivity contribution in [2.45, 2.75) is 52.5 Å². The molecule has 0 atom stereocenters. The van der Waals surface area contributed by atoms with Gasteiger partial charge in [-0.05, 0) is 56.4 Å². The summed E-state index contributed by atoms with van der Waals surface area (Å²) in [6, 6.07) is 20.2. The van der Waals surface area contributed by atoms with Gasteiger partial charge in [0.05, 0.1) is 5.56 Å². The fourth-order valence-corrected chi connectivity index (χ4v) is 4.34. The Balaban J connectivity index is 2.04. The molecule has 0 radical (unpaired) electrons. The minimum Gasteiger partial charge on any atom is -0.224 e. The lowest BCUT2D eigenvalue weighted by Gasteiger charge is -2.12. The van der Waals surface area contributed by atoms with Gasteiger partial charge >= 0.3 is 0 Å². The first-order chi connectivity index (χ1) is 12.2. The molecule has 1 aliphatic rings. The summed E-state index contributed by atoms with van der Waals surface area (Å²) in [5, 5.41) is 0. The van der Waals surface area contributed by atoms with Crippen LogP contribution in [0.25, 0.3) is 17.1 Å². The quantitative estimate of drug-likeness (QED) is 0.563. The highest BCUT2D eigenvalue weighted by Gasteiger charge is 2.34. The van der Waals surface area contributed by atoms with E-state index in [9.17, 15) is 0 Å². The van der Waals surface area contributed by atoms with E-state index in [4.69, 9.17) is 0 Å². The number of rotatable bonds is 3. The van der Waals surface area contributed by atoms with Crippen molar-refractivity contribution in [3.05, 3.63) is 71.5 Å². The van der Waals surface area contributed by atoms with Crippen LogP contribution in [0.3, 0.4) is 0 Å². The Morgan fingerprint density at radius 3 is 2.16 bits per heavy atom. The van der Waals surface area contributed by atoms with E-state index >= 15 is 0 Å². The van der Waals surface area contributed by atoms with Crippen molar-refractivity contribution in [3.63, 3.8) is 0 Å².